The minimum absolute atomic E-state index is 0.0157. The summed E-state index contributed by atoms with van der Waals surface area (Å²) in [5.41, 5.74) is 1.18. The molecule has 0 aromatic heterocycles. The van der Waals surface area contributed by atoms with Crippen LogP contribution in [0.4, 0.5) is 0 Å². The molecule has 40 heavy (non-hydrogen) atoms. The van der Waals surface area contributed by atoms with Gasteiger partial charge in [0.25, 0.3) is 0 Å². The molecule has 2 aromatic carbocycles. The highest BCUT2D eigenvalue weighted by atomic mass is 35.5. The van der Waals surface area contributed by atoms with Gasteiger partial charge in [-0.05, 0) is 49.4 Å². The van der Waals surface area contributed by atoms with Gasteiger partial charge in [0.15, 0.2) is 0 Å². The zero-order valence-corrected chi connectivity index (χ0v) is 23.6. The third-order valence-corrected chi connectivity index (χ3v) is 7.66. The lowest BCUT2D eigenvalue weighted by Gasteiger charge is -2.29. The zero-order chi connectivity index (χ0) is 28.2. The lowest BCUT2D eigenvalue weighted by Crippen LogP contribution is -2.56. The molecule has 4 rings (SSSR count). The van der Waals surface area contributed by atoms with Crippen LogP contribution < -0.4 is 26.0 Å². The number of hydrogen-bond acceptors (Lipinski definition) is 5. The largest absolute Gasteiger partial charge is 0.492 e. The predicted octanol–water partition coefficient (Wildman–Crippen LogP) is 3.78. The van der Waals surface area contributed by atoms with Gasteiger partial charge < -0.3 is 20.7 Å². The lowest BCUT2D eigenvalue weighted by atomic mass is 9.96. The van der Waals surface area contributed by atoms with Crippen LogP contribution in [0.15, 0.2) is 54.6 Å². The maximum atomic E-state index is 13.1. The van der Waals surface area contributed by atoms with E-state index in [4.69, 9.17) is 16.3 Å². The van der Waals surface area contributed by atoms with Gasteiger partial charge in [-0.2, -0.15) is 0 Å². The first-order valence-electron chi connectivity index (χ1n) is 14.2. The van der Waals surface area contributed by atoms with E-state index in [1.807, 2.05) is 48.6 Å². The van der Waals surface area contributed by atoms with Crippen molar-refractivity contribution < 1.29 is 19.1 Å². The number of fused-ring (bicyclic) bond motifs is 1. The summed E-state index contributed by atoms with van der Waals surface area (Å²) >= 11 is 6.14. The molecule has 2 aromatic rings. The second kappa shape index (κ2) is 14.9. The Labute approximate surface area is 241 Å². The Kier molecular flexibility index (Phi) is 11.0. The van der Waals surface area contributed by atoms with Crippen LogP contribution in [0, 0.1) is 0 Å². The molecule has 0 radical (unpaired) electrons. The molecule has 1 spiro atoms. The molecule has 1 aliphatic carbocycles. The summed E-state index contributed by atoms with van der Waals surface area (Å²) in [4.78, 5) is 39.0. The standard InChI is InChI=1S/C31H39ClN4O4/c32-25-12-7-9-23(21-25)22-26-29(38)33-18-8-11-24-10-1-2-13-27(24)40-20-19-35-31(15-4-5-16-31)30(39)34-17-6-3-14-28(37)36-26/h1-2,7-13,21,26,35H,3-6,14-20,22H2,(H,33,38)(H,34,39)(H,36,37)/b11-8+/t26-/m0/s1. The monoisotopic (exact) mass is 566 g/mol. The van der Waals surface area contributed by atoms with Crippen LogP contribution in [0.2, 0.25) is 5.02 Å². The summed E-state index contributed by atoms with van der Waals surface area (Å²) in [6, 6.07) is 14.2. The SMILES string of the molecule is O=C1CCCCNC(=O)C2(CCCC2)NCCOc2ccccc2/C=C/CNC(=O)[C@H](Cc2cccc(Cl)c2)N1. The number of carbonyl (C=O) groups is 3. The molecule has 1 heterocycles. The predicted molar refractivity (Wildman–Crippen MR) is 157 cm³/mol. The molecule has 3 amide bonds. The van der Waals surface area contributed by atoms with Crippen molar-refractivity contribution in [1.29, 1.82) is 0 Å². The number of carbonyl (C=O) groups excluding carboxylic acids is 3. The van der Waals surface area contributed by atoms with Crippen LogP contribution >= 0.6 is 11.6 Å². The summed E-state index contributed by atoms with van der Waals surface area (Å²) in [5.74, 6) is 0.277. The molecule has 0 bridgehead atoms. The highest BCUT2D eigenvalue weighted by Gasteiger charge is 2.40. The number of amides is 3. The fourth-order valence-electron chi connectivity index (χ4n) is 5.29. The van der Waals surface area contributed by atoms with Crippen LogP contribution in [-0.4, -0.2) is 55.5 Å². The van der Waals surface area contributed by atoms with E-state index in [2.05, 4.69) is 21.3 Å². The summed E-state index contributed by atoms with van der Waals surface area (Å²) in [6.45, 7) is 1.77. The number of rotatable bonds is 2. The van der Waals surface area contributed by atoms with E-state index >= 15 is 0 Å². The van der Waals surface area contributed by atoms with E-state index in [1.54, 1.807) is 12.1 Å². The molecular weight excluding hydrogens is 528 g/mol. The van der Waals surface area contributed by atoms with E-state index in [-0.39, 0.29) is 24.1 Å². The highest BCUT2D eigenvalue weighted by Crippen LogP contribution is 2.30. The van der Waals surface area contributed by atoms with Gasteiger partial charge >= 0.3 is 0 Å². The van der Waals surface area contributed by atoms with Gasteiger partial charge in [0.05, 0.1) is 5.54 Å². The third-order valence-electron chi connectivity index (χ3n) is 7.42. The molecule has 0 saturated heterocycles. The molecule has 4 N–H and O–H groups in total. The Morgan fingerprint density at radius 2 is 1.75 bits per heavy atom. The number of ether oxygens (including phenoxy) is 1. The molecule has 1 saturated carbocycles. The van der Waals surface area contributed by atoms with Crippen LogP contribution in [0.5, 0.6) is 5.75 Å². The normalized spacial score (nSPS) is 22.1. The minimum Gasteiger partial charge on any atom is -0.492 e. The van der Waals surface area contributed by atoms with Crippen LogP contribution in [0.3, 0.4) is 0 Å². The summed E-state index contributed by atoms with van der Waals surface area (Å²) < 4.78 is 6.06. The van der Waals surface area contributed by atoms with Gasteiger partial charge in [-0.1, -0.05) is 66.9 Å². The molecule has 1 aliphatic heterocycles. The van der Waals surface area contributed by atoms with Gasteiger partial charge in [-0.25, -0.2) is 0 Å². The van der Waals surface area contributed by atoms with Gasteiger partial charge in [-0.15, -0.1) is 0 Å². The van der Waals surface area contributed by atoms with Crippen molar-refractivity contribution in [3.05, 3.63) is 70.8 Å². The molecule has 0 unspecified atom stereocenters. The van der Waals surface area contributed by atoms with E-state index in [1.165, 1.54) is 0 Å². The molecule has 1 fully saturated rings. The highest BCUT2D eigenvalue weighted by molar-refractivity contribution is 6.30. The first-order chi connectivity index (χ1) is 19.4. The van der Waals surface area contributed by atoms with E-state index in [9.17, 15) is 14.4 Å². The zero-order valence-electron chi connectivity index (χ0n) is 22.8. The Balaban J connectivity index is 1.47. The van der Waals surface area contributed by atoms with Crippen molar-refractivity contribution in [3.8, 4) is 5.75 Å². The maximum Gasteiger partial charge on any atom is 0.243 e. The molecule has 2 aliphatic rings. The van der Waals surface area contributed by atoms with Crippen molar-refractivity contribution in [3.63, 3.8) is 0 Å². The summed E-state index contributed by atoms with van der Waals surface area (Å²) in [7, 11) is 0. The van der Waals surface area contributed by atoms with Gasteiger partial charge in [0.2, 0.25) is 17.7 Å². The van der Waals surface area contributed by atoms with Gasteiger partial charge in [-0.3, -0.25) is 19.7 Å². The Bertz CT molecular complexity index is 1200. The number of halogens is 1. The maximum absolute atomic E-state index is 13.1. The molecule has 214 valence electrons. The first-order valence-corrected chi connectivity index (χ1v) is 14.6. The van der Waals surface area contributed by atoms with Crippen LogP contribution in [0.25, 0.3) is 6.08 Å². The van der Waals surface area contributed by atoms with Crippen LogP contribution in [0.1, 0.15) is 56.1 Å². The quantitative estimate of drug-likeness (QED) is 0.442. The average molecular weight is 567 g/mol. The van der Waals surface area contributed by atoms with Crippen LogP contribution in [-0.2, 0) is 20.8 Å². The van der Waals surface area contributed by atoms with E-state index < -0.39 is 11.6 Å². The smallest absolute Gasteiger partial charge is 0.243 e. The van der Waals surface area contributed by atoms with Crippen molar-refractivity contribution in [2.75, 3.05) is 26.2 Å². The molecular formula is C31H39ClN4O4. The minimum atomic E-state index is -0.739. The topological polar surface area (TPSA) is 109 Å². The van der Waals surface area contributed by atoms with Gasteiger partial charge in [0.1, 0.15) is 18.4 Å². The van der Waals surface area contributed by atoms with Crippen molar-refractivity contribution >= 4 is 35.4 Å². The fraction of sp³-hybridized carbons (Fsp3) is 0.452. The van der Waals surface area contributed by atoms with Crippen molar-refractivity contribution in [1.82, 2.24) is 21.3 Å². The fourth-order valence-corrected chi connectivity index (χ4v) is 5.50. The second-order valence-corrected chi connectivity index (χ2v) is 10.9. The second-order valence-electron chi connectivity index (χ2n) is 10.4. The summed E-state index contributed by atoms with van der Waals surface area (Å²) in [5, 5.41) is 12.9. The van der Waals surface area contributed by atoms with E-state index in [0.29, 0.717) is 50.5 Å². The summed E-state index contributed by atoms with van der Waals surface area (Å²) in [6.07, 6.45) is 9.26. The Morgan fingerprint density at radius 1 is 0.925 bits per heavy atom. The number of nitrogens with one attached hydrogen (secondary N) is 4. The average Bonchev–Trinajstić information content (AvgIpc) is 3.43. The van der Waals surface area contributed by atoms with E-state index in [0.717, 1.165) is 42.6 Å². The van der Waals surface area contributed by atoms with Crippen molar-refractivity contribution in [2.24, 2.45) is 0 Å². The van der Waals surface area contributed by atoms with Gasteiger partial charge in [0, 0.05) is 43.1 Å². The first kappa shape index (κ1) is 29.6. The molecule has 1 atom stereocenters. The van der Waals surface area contributed by atoms with Crippen molar-refractivity contribution in [2.45, 2.75) is 62.9 Å². The Hall–Kier alpha value is -3.36. The third kappa shape index (κ3) is 8.57. The number of para-hydroxylation sites is 1. The number of benzene rings is 2. The molecule has 8 nitrogen and oxygen atoms in total. The Morgan fingerprint density at radius 3 is 2.58 bits per heavy atom. The number of hydrogen-bond donors (Lipinski definition) is 4. The molecule has 9 heteroatoms. The lowest BCUT2D eigenvalue weighted by molar-refractivity contribution is -0.129.